The summed E-state index contributed by atoms with van der Waals surface area (Å²) in [5.74, 6) is 0. The average Bonchev–Trinajstić information content (AvgIpc) is 1.89. The average molecular weight is 235 g/mol. The highest BCUT2D eigenvalue weighted by Gasteiger charge is 2.08. The normalized spacial score (nSPS) is 24.6. The van der Waals surface area contributed by atoms with E-state index in [1.807, 2.05) is 27.5 Å². The van der Waals surface area contributed by atoms with Gasteiger partial charge in [0.05, 0.1) is 22.9 Å². The van der Waals surface area contributed by atoms with Crippen LogP contribution in [0.5, 0.6) is 0 Å². The third-order valence-corrected chi connectivity index (χ3v) is 2.04. The Hall–Kier alpha value is -0.320. The van der Waals surface area contributed by atoms with Crippen LogP contribution in [-0.2, 0) is 4.79 Å². The fraction of sp³-hybridized carbons (Fsp3) is 0.167. The first-order valence-electron chi connectivity index (χ1n) is 2.59. The highest BCUT2D eigenvalue weighted by atomic mass is 127. The standard InChI is InChI=1S/C6H6INO/c7-8-4-2-1-3-6(8)5-9/h1-6H. The molecule has 48 valence electrons. The molecule has 3 heteroatoms. The van der Waals surface area contributed by atoms with Crippen molar-refractivity contribution in [1.82, 2.24) is 3.11 Å². The molecule has 0 spiro atoms. The SMILES string of the molecule is O=CC1C=CC=CN1I. The molecule has 1 atom stereocenters. The Morgan fingerprint density at radius 2 is 2.33 bits per heavy atom. The van der Waals surface area contributed by atoms with Gasteiger partial charge < -0.3 is 7.91 Å². The van der Waals surface area contributed by atoms with Crippen molar-refractivity contribution in [3.63, 3.8) is 0 Å². The first-order chi connectivity index (χ1) is 4.34. The predicted octanol–water partition coefficient (Wildman–Crippen LogP) is 1.29. The molecule has 0 aromatic heterocycles. The second-order valence-electron chi connectivity index (χ2n) is 1.70. The monoisotopic (exact) mass is 235 g/mol. The van der Waals surface area contributed by atoms with Gasteiger partial charge in [-0.1, -0.05) is 12.2 Å². The molecule has 1 unspecified atom stereocenters. The van der Waals surface area contributed by atoms with Crippen LogP contribution >= 0.6 is 22.9 Å². The van der Waals surface area contributed by atoms with E-state index in [1.165, 1.54) is 0 Å². The van der Waals surface area contributed by atoms with Crippen molar-refractivity contribution < 1.29 is 4.79 Å². The first kappa shape index (κ1) is 6.80. The number of halogens is 1. The van der Waals surface area contributed by atoms with E-state index in [0.29, 0.717) is 0 Å². The topological polar surface area (TPSA) is 20.3 Å². The van der Waals surface area contributed by atoms with Gasteiger partial charge >= 0.3 is 0 Å². The van der Waals surface area contributed by atoms with Crippen molar-refractivity contribution >= 4 is 29.2 Å². The van der Waals surface area contributed by atoms with Crippen LogP contribution in [0.25, 0.3) is 0 Å². The zero-order valence-corrected chi connectivity index (χ0v) is 6.86. The zero-order chi connectivity index (χ0) is 6.69. The minimum absolute atomic E-state index is 0.0735. The maximum Gasteiger partial charge on any atom is 0.147 e. The minimum Gasteiger partial charge on any atom is -0.308 e. The number of hydrogen-bond donors (Lipinski definition) is 0. The van der Waals surface area contributed by atoms with Crippen LogP contribution in [0.15, 0.2) is 24.4 Å². The maximum absolute atomic E-state index is 10.2. The predicted molar refractivity (Wildman–Crippen MR) is 44.0 cm³/mol. The van der Waals surface area contributed by atoms with E-state index < -0.39 is 0 Å². The number of rotatable bonds is 1. The summed E-state index contributed by atoms with van der Waals surface area (Å²) < 4.78 is 1.82. The lowest BCUT2D eigenvalue weighted by atomic mass is 10.2. The summed E-state index contributed by atoms with van der Waals surface area (Å²) in [5.41, 5.74) is 0. The Morgan fingerprint density at radius 1 is 1.56 bits per heavy atom. The molecular weight excluding hydrogens is 229 g/mol. The quantitative estimate of drug-likeness (QED) is 0.387. The molecule has 0 saturated heterocycles. The molecule has 1 rings (SSSR count). The van der Waals surface area contributed by atoms with Crippen molar-refractivity contribution in [2.24, 2.45) is 0 Å². The van der Waals surface area contributed by atoms with Crippen LogP contribution in [0.4, 0.5) is 0 Å². The fourth-order valence-corrected chi connectivity index (χ4v) is 1.10. The van der Waals surface area contributed by atoms with Crippen LogP contribution in [0.3, 0.4) is 0 Å². The molecule has 1 aliphatic heterocycles. The van der Waals surface area contributed by atoms with Gasteiger partial charge in [0.25, 0.3) is 0 Å². The molecule has 2 nitrogen and oxygen atoms in total. The summed E-state index contributed by atoms with van der Waals surface area (Å²) in [7, 11) is 0. The van der Waals surface area contributed by atoms with Gasteiger partial charge in [-0.25, -0.2) is 0 Å². The van der Waals surface area contributed by atoms with Gasteiger partial charge in [-0.2, -0.15) is 0 Å². The molecule has 0 aromatic carbocycles. The lowest BCUT2D eigenvalue weighted by Crippen LogP contribution is -2.22. The summed E-state index contributed by atoms with van der Waals surface area (Å²) in [6, 6.07) is -0.0735. The van der Waals surface area contributed by atoms with Gasteiger partial charge in [0.2, 0.25) is 0 Å². The number of allylic oxidation sites excluding steroid dienone is 2. The van der Waals surface area contributed by atoms with E-state index in [1.54, 1.807) is 0 Å². The second-order valence-corrected chi connectivity index (χ2v) is 2.81. The van der Waals surface area contributed by atoms with Crippen molar-refractivity contribution in [2.75, 3.05) is 0 Å². The van der Waals surface area contributed by atoms with Crippen molar-refractivity contribution in [3.05, 3.63) is 24.4 Å². The molecule has 0 saturated carbocycles. The van der Waals surface area contributed by atoms with Gasteiger partial charge in [-0.3, -0.25) is 0 Å². The third kappa shape index (κ3) is 1.54. The van der Waals surface area contributed by atoms with E-state index in [0.717, 1.165) is 6.29 Å². The van der Waals surface area contributed by atoms with Gasteiger partial charge in [-0.15, -0.1) is 0 Å². The Balaban J connectivity index is 2.65. The summed E-state index contributed by atoms with van der Waals surface area (Å²) in [6.45, 7) is 0. The molecule has 9 heavy (non-hydrogen) atoms. The summed E-state index contributed by atoms with van der Waals surface area (Å²) in [6.07, 6.45) is 8.38. The summed E-state index contributed by atoms with van der Waals surface area (Å²) >= 11 is 2.08. The third-order valence-electron chi connectivity index (χ3n) is 1.07. The number of hydrogen-bond acceptors (Lipinski definition) is 2. The Kier molecular flexibility index (Phi) is 2.27. The molecule has 0 aromatic rings. The lowest BCUT2D eigenvalue weighted by molar-refractivity contribution is -0.109. The summed E-state index contributed by atoms with van der Waals surface area (Å²) in [4.78, 5) is 10.2. The van der Waals surface area contributed by atoms with Gasteiger partial charge in [0.1, 0.15) is 12.3 Å². The number of nitrogens with zero attached hydrogens (tertiary/aromatic N) is 1. The van der Waals surface area contributed by atoms with Crippen molar-refractivity contribution in [2.45, 2.75) is 6.04 Å². The number of aldehydes is 1. The molecule has 0 aliphatic carbocycles. The van der Waals surface area contributed by atoms with Gasteiger partial charge in [0, 0.05) is 6.20 Å². The Morgan fingerprint density at radius 3 is 2.78 bits per heavy atom. The molecule has 0 amide bonds. The maximum atomic E-state index is 10.2. The Bertz CT molecular complexity index is 164. The van der Waals surface area contributed by atoms with E-state index in [9.17, 15) is 4.79 Å². The van der Waals surface area contributed by atoms with Gasteiger partial charge in [-0.05, 0) is 6.08 Å². The number of carbonyl (C=O) groups is 1. The second kappa shape index (κ2) is 3.00. The molecular formula is C6H6INO. The Labute approximate surface area is 67.7 Å². The van der Waals surface area contributed by atoms with Crippen molar-refractivity contribution in [1.29, 1.82) is 0 Å². The molecule has 1 heterocycles. The largest absolute Gasteiger partial charge is 0.308 e. The molecule has 0 fully saturated rings. The van der Waals surface area contributed by atoms with Gasteiger partial charge in [0.15, 0.2) is 0 Å². The highest BCUT2D eigenvalue weighted by molar-refractivity contribution is 14.1. The van der Waals surface area contributed by atoms with Crippen LogP contribution < -0.4 is 0 Å². The van der Waals surface area contributed by atoms with E-state index in [2.05, 4.69) is 22.9 Å². The first-order valence-corrected chi connectivity index (χ1v) is 3.55. The van der Waals surface area contributed by atoms with Crippen LogP contribution in [0, 0.1) is 0 Å². The van der Waals surface area contributed by atoms with Crippen LogP contribution in [-0.4, -0.2) is 15.4 Å². The lowest BCUT2D eigenvalue weighted by Gasteiger charge is -2.17. The van der Waals surface area contributed by atoms with Crippen LogP contribution in [0.1, 0.15) is 0 Å². The smallest absolute Gasteiger partial charge is 0.147 e. The number of carbonyl (C=O) groups excluding carboxylic acids is 1. The van der Waals surface area contributed by atoms with E-state index >= 15 is 0 Å². The zero-order valence-electron chi connectivity index (χ0n) is 4.70. The highest BCUT2D eigenvalue weighted by Crippen LogP contribution is 2.10. The van der Waals surface area contributed by atoms with Crippen LogP contribution in [0.2, 0.25) is 0 Å². The fourth-order valence-electron chi connectivity index (χ4n) is 0.595. The van der Waals surface area contributed by atoms with E-state index in [4.69, 9.17) is 0 Å². The minimum atomic E-state index is -0.0735. The van der Waals surface area contributed by atoms with Crippen molar-refractivity contribution in [3.8, 4) is 0 Å². The molecule has 0 radical (unpaired) electrons. The summed E-state index contributed by atoms with van der Waals surface area (Å²) in [5, 5.41) is 0. The molecule has 0 N–H and O–H groups in total. The molecule has 1 aliphatic rings. The van der Waals surface area contributed by atoms with E-state index in [-0.39, 0.29) is 6.04 Å². The molecule has 0 bridgehead atoms.